The van der Waals surface area contributed by atoms with Crippen molar-refractivity contribution in [2.75, 3.05) is 0 Å². The molecule has 0 spiro atoms. The zero-order valence-electron chi connectivity index (χ0n) is 2.67. The number of rotatable bonds is 0. The fourth-order valence-electron chi connectivity index (χ4n) is 0. The van der Waals surface area contributed by atoms with Crippen molar-refractivity contribution in [2.45, 2.75) is 0 Å². The standard InChI is InChI=1S/4ClH.2In/h4*1H;;/q;;;;2*+3/p-4. The van der Waals surface area contributed by atoms with E-state index in [1.165, 1.54) is 0 Å². The van der Waals surface area contributed by atoms with E-state index >= 15 is 0 Å². The number of halogens is 4. The minimum atomic E-state index is 0. The summed E-state index contributed by atoms with van der Waals surface area (Å²) < 4.78 is 0. The van der Waals surface area contributed by atoms with Crippen molar-refractivity contribution in [3.63, 3.8) is 0 Å². The van der Waals surface area contributed by atoms with Crippen LogP contribution in [-0.2, 0) is 0 Å². The van der Waals surface area contributed by atoms with Gasteiger partial charge in [0.15, 0.2) is 0 Å². The monoisotopic (exact) mass is 370 g/mol. The molecular weight excluding hydrogens is 371 g/mol. The summed E-state index contributed by atoms with van der Waals surface area (Å²) in [6.45, 7) is 0. The SMILES string of the molecule is [Cl-].[Cl-].[Cl-].[Cl-].[In+3].[In+3]. The average Bonchev–Trinajstić information content (AvgIpc) is 0. The van der Waals surface area contributed by atoms with Crippen LogP contribution in [0.4, 0.5) is 0 Å². The van der Waals surface area contributed by atoms with E-state index in [-0.39, 0.29) is 101 Å². The molecule has 0 N–H and O–H groups in total. The minimum absolute atomic E-state index is 0. The van der Waals surface area contributed by atoms with Gasteiger partial charge in [0.25, 0.3) is 0 Å². The summed E-state index contributed by atoms with van der Waals surface area (Å²) in [7, 11) is 0. The first-order valence-electron chi connectivity index (χ1n) is 0. The molecule has 0 atom stereocenters. The van der Waals surface area contributed by atoms with E-state index in [4.69, 9.17) is 0 Å². The van der Waals surface area contributed by atoms with E-state index in [0.29, 0.717) is 0 Å². The number of hydrogen-bond donors (Lipinski definition) is 0. The summed E-state index contributed by atoms with van der Waals surface area (Å²) in [5, 5.41) is 0. The Morgan fingerprint density at radius 1 is 0.333 bits per heavy atom. The van der Waals surface area contributed by atoms with Crippen LogP contribution in [0.2, 0.25) is 0 Å². The molecule has 0 fully saturated rings. The molecule has 0 radical (unpaired) electrons. The maximum atomic E-state index is 0. The van der Waals surface area contributed by atoms with Crippen molar-refractivity contribution in [1.82, 2.24) is 0 Å². The Morgan fingerprint density at radius 3 is 0.333 bits per heavy atom. The van der Waals surface area contributed by atoms with Gasteiger partial charge in [-0.15, -0.1) is 0 Å². The average molecular weight is 371 g/mol. The Kier molecular flexibility index (Phi) is 492. The topological polar surface area (TPSA) is 0 Å². The Balaban J connectivity index is 0. The van der Waals surface area contributed by atoms with E-state index in [9.17, 15) is 0 Å². The number of hydrogen-bond acceptors (Lipinski definition) is 0. The summed E-state index contributed by atoms with van der Waals surface area (Å²) in [5.74, 6) is 0. The second-order valence-corrected chi connectivity index (χ2v) is 0. The third-order valence-corrected chi connectivity index (χ3v) is 0. The predicted molar refractivity (Wildman–Crippen MR) is 11.5 cm³/mol. The van der Waals surface area contributed by atoms with Gasteiger partial charge < -0.3 is 49.6 Å². The fraction of sp³-hybridized carbons (Fsp3) is 0. The van der Waals surface area contributed by atoms with Crippen molar-refractivity contribution in [2.24, 2.45) is 0 Å². The van der Waals surface area contributed by atoms with Crippen molar-refractivity contribution in [1.29, 1.82) is 0 Å². The molecule has 0 rings (SSSR count). The Bertz CT molecular complexity index is 5.51. The second-order valence-electron chi connectivity index (χ2n) is 0. The smallest absolute Gasteiger partial charge is 1.00 e. The first-order chi connectivity index (χ1) is 0. The normalized spacial score (nSPS) is 0. The second kappa shape index (κ2) is 44.7. The van der Waals surface area contributed by atoms with Crippen LogP contribution in [0.15, 0.2) is 0 Å². The van der Waals surface area contributed by atoms with E-state index in [0.717, 1.165) is 0 Å². The van der Waals surface area contributed by atoms with Gasteiger partial charge in [-0.3, -0.25) is 0 Å². The molecule has 0 nitrogen and oxygen atoms in total. The third kappa shape index (κ3) is 28.6. The van der Waals surface area contributed by atoms with Crippen LogP contribution in [0, 0.1) is 0 Å². The van der Waals surface area contributed by atoms with Gasteiger partial charge in [-0.05, 0) is 0 Å². The van der Waals surface area contributed by atoms with Gasteiger partial charge in [0.2, 0.25) is 0 Å². The largest absolute Gasteiger partial charge is 3.00 e. The molecule has 6 heteroatoms. The van der Waals surface area contributed by atoms with Crippen LogP contribution < -0.4 is 49.6 Å². The molecule has 0 aromatic rings. The van der Waals surface area contributed by atoms with Gasteiger partial charge in [-0.2, -0.15) is 0 Å². The van der Waals surface area contributed by atoms with Crippen molar-refractivity contribution >= 4 is 51.7 Å². The minimum Gasteiger partial charge on any atom is -1.00 e. The van der Waals surface area contributed by atoms with Gasteiger partial charge in [0, 0.05) is 0 Å². The van der Waals surface area contributed by atoms with Crippen LogP contribution in [0.25, 0.3) is 0 Å². The van der Waals surface area contributed by atoms with Gasteiger partial charge in [0.05, 0.1) is 0 Å². The molecule has 0 amide bonds. The molecule has 0 aromatic carbocycles. The summed E-state index contributed by atoms with van der Waals surface area (Å²) >= 11 is 0. The Hall–Kier alpha value is 2.90. The fourth-order valence-corrected chi connectivity index (χ4v) is 0. The van der Waals surface area contributed by atoms with Crippen molar-refractivity contribution < 1.29 is 49.6 Å². The summed E-state index contributed by atoms with van der Waals surface area (Å²) in [6, 6.07) is 0. The van der Waals surface area contributed by atoms with Crippen LogP contribution >= 0.6 is 0 Å². The van der Waals surface area contributed by atoms with Crippen LogP contribution in [-0.4, -0.2) is 51.7 Å². The molecule has 0 heterocycles. The molecule has 6 heavy (non-hydrogen) atoms. The zero-order valence-corrected chi connectivity index (χ0v) is 12.3. The maximum absolute atomic E-state index is 0. The summed E-state index contributed by atoms with van der Waals surface area (Å²) in [4.78, 5) is 0. The van der Waals surface area contributed by atoms with E-state index in [1.54, 1.807) is 0 Å². The third-order valence-electron chi connectivity index (χ3n) is 0. The Morgan fingerprint density at radius 2 is 0.333 bits per heavy atom. The first kappa shape index (κ1) is 66.0. The van der Waals surface area contributed by atoms with Crippen molar-refractivity contribution in [3.8, 4) is 0 Å². The van der Waals surface area contributed by atoms with Crippen LogP contribution in [0.1, 0.15) is 0 Å². The van der Waals surface area contributed by atoms with Gasteiger partial charge in [-0.1, -0.05) is 0 Å². The molecule has 0 aliphatic rings. The summed E-state index contributed by atoms with van der Waals surface area (Å²) in [6.07, 6.45) is 0. The molecule has 0 unspecified atom stereocenters. The molecular formula is Cl4In2+2. The molecule has 0 aromatic heterocycles. The van der Waals surface area contributed by atoms with Gasteiger partial charge in [-0.25, -0.2) is 0 Å². The van der Waals surface area contributed by atoms with Crippen LogP contribution in [0.5, 0.6) is 0 Å². The molecule has 0 aliphatic carbocycles. The molecule has 0 bridgehead atoms. The Labute approximate surface area is 99.8 Å². The van der Waals surface area contributed by atoms with E-state index in [2.05, 4.69) is 0 Å². The molecule has 0 saturated heterocycles. The molecule has 0 aliphatic heterocycles. The zero-order chi connectivity index (χ0) is 0. The molecule has 32 valence electrons. The quantitative estimate of drug-likeness (QED) is 0.397. The first-order valence-corrected chi connectivity index (χ1v) is 0. The maximum Gasteiger partial charge on any atom is 3.00 e. The van der Waals surface area contributed by atoms with Crippen molar-refractivity contribution in [3.05, 3.63) is 0 Å². The van der Waals surface area contributed by atoms with E-state index < -0.39 is 0 Å². The van der Waals surface area contributed by atoms with Crippen LogP contribution in [0.3, 0.4) is 0 Å². The van der Waals surface area contributed by atoms with Gasteiger partial charge in [0.1, 0.15) is 0 Å². The van der Waals surface area contributed by atoms with E-state index in [1.807, 2.05) is 0 Å². The predicted octanol–water partition coefficient (Wildman–Crippen LogP) is -12.7. The summed E-state index contributed by atoms with van der Waals surface area (Å²) in [5.41, 5.74) is 0. The van der Waals surface area contributed by atoms with Gasteiger partial charge >= 0.3 is 51.7 Å². The molecule has 0 saturated carbocycles.